The van der Waals surface area contributed by atoms with Crippen molar-refractivity contribution in [3.63, 3.8) is 0 Å². The third-order valence-corrected chi connectivity index (χ3v) is 3.65. The van der Waals surface area contributed by atoms with Crippen molar-refractivity contribution in [2.24, 2.45) is 11.1 Å². The van der Waals surface area contributed by atoms with Gasteiger partial charge in [0.05, 0.1) is 0 Å². The van der Waals surface area contributed by atoms with Crippen molar-refractivity contribution in [1.29, 1.82) is 0 Å². The van der Waals surface area contributed by atoms with Crippen LogP contribution < -0.4 is 5.73 Å². The average Bonchev–Trinajstić information content (AvgIpc) is 2.28. The molecule has 19 heavy (non-hydrogen) atoms. The number of hydrogen-bond donors (Lipinski definition) is 4. The van der Waals surface area contributed by atoms with Crippen molar-refractivity contribution in [3.05, 3.63) is 27.7 Å². The number of aliphatic hydroxyl groups is 1. The van der Waals surface area contributed by atoms with Crippen LogP contribution in [-0.4, -0.2) is 27.9 Å². The highest BCUT2D eigenvalue weighted by Gasteiger charge is 2.32. The molecule has 0 saturated carbocycles. The van der Waals surface area contributed by atoms with E-state index in [2.05, 4.69) is 15.9 Å². The molecule has 0 heterocycles. The standard InChI is InChI=1S/C12H16BrNO4.ClH/c1-12(2,5-15)10(14)8-7(13)4-3-6(9(8)16)11(17)18;/h3-4,10,15-16H,5,14H2,1-2H3,(H,17,18);1H/t10-;/m1./s1. The summed E-state index contributed by atoms with van der Waals surface area (Å²) in [6.45, 7) is 3.28. The molecule has 1 aromatic rings. The first-order chi connectivity index (χ1) is 8.22. The SMILES string of the molecule is CC(C)(CO)[C@H](N)c1c(Br)ccc(C(=O)O)c1O.Cl. The van der Waals surface area contributed by atoms with Crippen LogP contribution in [0, 0.1) is 5.41 Å². The molecule has 0 aliphatic carbocycles. The molecular weight excluding hydrogens is 337 g/mol. The van der Waals surface area contributed by atoms with Crippen LogP contribution in [0.5, 0.6) is 5.75 Å². The zero-order valence-corrected chi connectivity index (χ0v) is 13.0. The second-order valence-corrected chi connectivity index (χ2v) is 5.64. The molecule has 5 N–H and O–H groups in total. The van der Waals surface area contributed by atoms with E-state index in [0.29, 0.717) is 4.47 Å². The Morgan fingerprint density at radius 3 is 2.42 bits per heavy atom. The number of hydrogen-bond acceptors (Lipinski definition) is 4. The minimum Gasteiger partial charge on any atom is -0.507 e. The fourth-order valence-corrected chi connectivity index (χ4v) is 2.11. The first-order valence-electron chi connectivity index (χ1n) is 5.33. The summed E-state index contributed by atoms with van der Waals surface area (Å²) >= 11 is 3.24. The molecule has 0 amide bonds. The van der Waals surface area contributed by atoms with Crippen LogP contribution in [0.25, 0.3) is 0 Å². The van der Waals surface area contributed by atoms with Gasteiger partial charge in [0, 0.05) is 28.1 Å². The van der Waals surface area contributed by atoms with E-state index >= 15 is 0 Å². The molecule has 1 aromatic carbocycles. The molecule has 0 saturated heterocycles. The van der Waals surface area contributed by atoms with Crippen LogP contribution in [0.1, 0.15) is 35.8 Å². The third-order valence-electron chi connectivity index (χ3n) is 2.95. The summed E-state index contributed by atoms with van der Waals surface area (Å²) in [6.07, 6.45) is 0. The summed E-state index contributed by atoms with van der Waals surface area (Å²) in [5.74, 6) is -1.60. The van der Waals surface area contributed by atoms with Crippen LogP contribution >= 0.6 is 28.3 Å². The van der Waals surface area contributed by atoms with Gasteiger partial charge in [-0.05, 0) is 12.1 Å². The highest BCUT2D eigenvalue weighted by molar-refractivity contribution is 9.10. The van der Waals surface area contributed by atoms with E-state index in [1.807, 2.05) is 0 Å². The number of aliphatic hydroxyl groups excluding tert-OH is 1. The van der Waals surface area contributed by atoms with E-state index in [-0.39, 0.29) is 35.9 Å². The number of rotatable bonds is 4. The monoisotopic (exact) mass is 353 g/mol. The summed E-state index contributed by atoms with van der Waals surface area (Å²) in [5, 5.41) is 28.2. The van der Waals surface area contributed by atoms with Gasteiger partial charge in [-0.1, -0.05) is 29.8 Å². The number of aromatic carboxylic acids is 1. The lowest BCUT2D eigenvalue weighted by atomic mass is 9.81. The molecule has 0 spiro atoms. The summed E-state index contributed by atoms with van der Waals surface area (Å²) < 4.78 is 0.513. The second kappa shape index (κ2) is 6.56. The van der Waals surface area contributed by atoms with Gasteiger partial charge in [0.1, 0.15) is 11.3 Å². The fraction of sp³-hybridized carbons (Fsp3) is 0.417. The van der Waals surface area contributed by atoms with Gasteiger partial charge in [-0.2, -0.15) is 0 Å². The molecule has 0 radical (unpaired) electrons. The molecule has 0 aliphatic heterocycles. The first kappa shape index (κ1) is 18.2. The zero-order valence-electron chi connectivity index (χ0n) is 10.6. The molecule has 0 unspecified atom stereocenters. The minimum atomic E-state index is -1.23. The van der Waals surface area contributed by atoms with Gasteiger partial charge in [0.2, 0.25) is 0 Å². The largest absolute Gasteiger partial charge is 0.507 e. The maximum absolute atomic E-state index is 11.0. The molecule has 0 bridgehead atoms. The van der Waals surface area contributed by atoms with E-state index < -0.39 is 17.4 Å². The Bertz CT molecular complexity index is 479. The highest BCUT2D eigenvalue weighted by Crippen LogP contribution is 2.41. The molecule has 7 heteroatoms. The smallest absolute Gasteiger partial charge is 0.339 e. The quantitative estimate of drug-likeness (QED) is 0.664. The zero-order chi connectivity index (χ0) is 14.1. The molecule has 0 aromatic heterocycles. The Kier molecular flexibility index (Phi) is 6.28. The number of carbonyl (C=O) groups is 1. The molecule has 1 atom stereocenters. The molecular formula is C12H17BrClNO4. The van der Waals surface area contributed by atoms with Crippen LogP contribution in [0.4, 0.5) is 0 Å². The van der Waals surface area contributed by atoms with Crippen molar-refractivity contribution in [2.75, 3.05) is 6.61 Å². The molecule has 0 aliphatic rings. The van der Waals surface area contributed by atoms with Crippen molar-refractivity contribution in [3.8, 4) is 5.75 Å². The van der Waals surface area contributed by atoms with Gasteiger partial charge >= 0.3 is 5.97 Å². The van der Waals surface area contributed by atoms with Gasteiger partial charge in [0.15, 0.2) is 0 Å². The maximum Gasteiger partial charge on any atom is 0.339 e. The lowest BCUT2D eigenvalue weighted by molar-refractivity contribution is 0.0693. The average molecular weight is 355 g/mol. The Balaban J connectivity index is 0.00000324. The Labute approximate surface area is 126 Å². The van der Waals surface area contributed by atoms with E-state index in [9.17, 15) is 15.0 Å². The van der Waals surface area contributed by atoms with Crippen molar-refractivity contribution in [1.82, 2.24) is 0 Å². The van der Waals surface area contributed by atoms with E-state index in [0.717, 1.165) is 0 Å². The van der Waals surface area contributed by atoms with Gasteiger partial charge in [-0.15, -0.1) is 12.4 Å². The predicted octanol–water partition coefficient (Wildman–Crippen LogP) is 2.29. The van der Waals surface area contributed by atoms with Crippen molar-refractivity contribution < 1.29 is 20.1 Å². The summed E-state index contributed by atoms with van der Waals surface area (Å²) in [6, 6.07) is 2.12. The van der Waals surface area contributed by atoms with Crippen LogP contribution in [0.2, 0.25) is 0 Å². The first-order valence-corrected chi connectivity index (χ1v) is 6.12. The Morgan fingerprint density at radius 1 is 1.47 bits per heavy atom. The number of nitrogens with two attached hydrogens (primary N) is 1. The third kappa shape index (κ3) is 3.60. The fourth-order valence-electron chi connectivity index (χ4n) is 1.54. The van der Waals surface area contributed by atoms with Gasteiger partial charge in [0.25, 0.3) is 0 Å². The van der Waals surface area contributed by atoms with E-state index in [4.69, 9.17) is 10.8 Å². The van der Waals surface area contributed by atoms with Gasteiger partial charge in [-0.3, -0.25) is 0 Å². The lowest BCUT2D eigenvalue weighted by Gasteiger charge is -2.31. The van der Waals surface area contributed by atoms with Crippen LogP contribution in [-0.2, 0) is 0 Å². The Morgan fingerprint density at radius 2 is 2.00 bits per heavy atom. The lowest BCUT2D eigenvalue weighted by Crippen LogP contribution is -2.33. The normalized spacial score (nSPS) is 12.7. The van der Waals surface area contributed by atoms with Crippen molar-refractivity contribution in [2.45, 2.75) is 19.9 Å². The second-order valence-electron chi connectivity index (χ2n) is 4.79. The Hall–Kier alpha value is -0.820. The topological polar surface area (TPSA) is 104 Å². The maximum atomic E-state index is 11.0. The van der Waals surface area contributed by atoms with Crippen LogP contribution in [0.15, 0.2) is 16.6 Å². The summed E-state index contributed by atoms with van der Waals surface area (Å²) in [7, 11) is 0. The molecule has 0 fully saturated rings. The number of benzene rings is 1. The summed E-state index contributed by atoms with van der Waals surface area (Å²) in [5.41, 5.74) is 5.40. The predicted molar refractivity (Wildman–Crippen MR) is 77.8 cm³/mol. The van der Waals surface area contributed by atoms with Crippen molar-refractivity contribution >= 4 is 34.3 Å². The van der Waals surface area contributed by atoms with E-state index in [1.54, 1.807) is 13.8 Å². The highest BCUT2D eigenvalue weighted by atomic mass is 79.9. The number of carboxylic acids is 1. The molecule has 108 valence electrons. The summed E-state index contributed by atoms with van der Waals surface area (Å²) in [4.78, 5) is 11.0. The van der Waals surface area contributed by atoms with Gasteiger partial charge < -0.3 is 21.1 Å². The number of carboxylic acid groups (broad SMARTS) is 1. The number of phenols is 1. The number of halogens is 2. The number of aromatic hydroxyl groups is 1. The van der Waals surface area contributed by atoms with Gasteiger partial charge in [-0.25, -0.2) is 4.79 Å². The van der Waals surface area contributed by atoms with E-state index in [1.165, 1.54) is 12.1 Å². The molecule has 1 rings (SSSR count). The minimum absolute atomic E-state index is 0. The molecule has 5 nitrogen and oxygen atoms in total. The van der Waals surface area contributed by atoms with Crippen LogP contribution in [0.3, 0.4) is 0 Å².